The molecule has 0 aliphatic rings. The van der Waals surface area contributed by atoms with Gasteiger partial charge in [0.15, 0.2) is 0 Å². The van der Waals surface area contributed by atoms with E-state index in [1.807, 2.05) is 0 Å². The van der Waals surface area contributed by atoms with E-state index in [1.165, 1.54) is 0 Å². The molecule has 0 bridgehead atoms. The van der Waals surface area contributed by atoms with Crippen LogP contribution in [0.15, 0.2) is 0 Å². The Kier molecular flexibility index (Phi) is 10.6. The van der Waals surface area contributed by atoms with Gasteiger partial charge in [0, 0.05) is 0 Å². The number of hydrogen-bond donors (Lipinski definition) is 1. The molecule has 0 fully saturated rings. The summed E-state index contributed by atoms with van der Waals surface area (Å²) >= 11 is 0. The van der Waals surface area contributed by atoms with E-state index in [2.05, 4.69) is 0 Å². The normalized spacial score (nSPS) is 8.43. The van der Waals surface area contributed by atoms with E-state index in [4.69, 9.17) is 19.2 Å². The predicted molar refractivity (Wildman–Crippen MR) is 18.4 cm³/mol. The van der Waals surface area contributed by atoms with Crippen molar-refractivity contribution in [3.8, 4) is 0 Å². The fraction of sp³-hybridized carbons (Fsp3) is 0. The van der Waals surface area contributed by atoms with Gasteiger partial charge in [-0.3, -0.25) is 0 Å². The van der Waals surface area contributed by atoms with Crippen molar-refractivity contribution in [1.82, 2.24) is 6.15 Å². The van der Waals surface area contributed by atoms with Gasteiger partial charge in [-0.2, -0.15) is 7.82 Å². The molecule has 3 N–H and O–H groups in total. The zero-order valence-electron chi connectivity index (χ0n) is 3.36. The van der Waals surface area contributed by atoms with Gasteiger partial charge in [0.1, 0.15) is 0 Å². The van der Waals surface area contributed by atoms with Crippen molar-refractivity contribution in [3.05, 3.63) is 0 Å². The Bertz CT molecular complexity index is 57.8. The van der Waals surface area contributed by atoms with Gasteiger partial charge in [0.25, 0.3) is 0 Å². The van der Waals surface area contributed by atoms with E-state index in [0.29, 0.717) is 0 Å². The van der Waals surface area contributed by atoms with Gasteiger partial charge in [-0.1, -0.05) is 0 Å². The van der Waals surface area contributed by atoms with Gasteiger partial charge in [0.05, 0.1) is 0 Å². The van der Waals surface area contributed by atoms with Crippen LogP contribution in [-0.2, 0) is 4.57 Å². The summed E-state index contributed by atoms with van der Waals surface area (Å²) in [5.41, 5.74) is 0. The van der Waals surface area contributed by atoms with Gasteiger partial charge in [-0.25, -0.2) is 0 Å². The summed E-state index contributed by atoms with van der Waals surface area (Å²) in [5, 5.41) is 0. The predicted octanol–water partition coefficient (Wildman–Crippen LogP) is -3.04. The van der Waals surface area contributed by atoms with Crippen LogP contribution in [0.25, 0.3) is 0 Å². The minimum atomic E-state index is -5.39. The first-order valence-corrected chi connectivity index (χ1v) is 2.19. The molecule has 0 aromatic heterocycles. The number of phosphoric acid groups is 1. The zero-order valence-corrected chi connectivity index (χ0v) is 5.41. The van der Waals surface area contributed by atoms with Crippen molar-refractivity contribution in [2.75, 3.05) is 0 Å². The summed E-state index contributed by atoms with van der Waals surface area (Å²) in [5.74, 6) is 0. The number of rotatable bonds is 0. The molecule has 0 spiro atoms. The largest absolute Gasteiger partial charge is 3.00 e. The molecule has 0 rings (SSSR count). The summed E-state index contributed by atoms with van der Waals surface area (Å²) in [6.07, 6.45) is 0. The van der Waals surface area contributed by atoms with Crippen LogP contribution in [0.2, 0.25) is 0 Å². The van der Waals surface area contributed by atoms with Crippen molar-refractivity contribution in [1.29, 1.82) is 0 Å². The second kappa shape index (κ2) is 4.75. The fourth-order valence-corrected chi connectivity index (χ4v) is 0. The molecule has 0 atom stereocenters. The first kappa shape index (κ1) is 15.6. The maximum atomic E-state index is 8.55. The average molecular weight is 139 g/mol. The second-order valence-corrected chi connectivity index (χ2v) is 1.34. The van der Waals surface area contributed by atoms with Crippen molar-refractivity contribution in [2.45, 2.75) is 0 Å². The molecule has 7 heteroatoms. The Labute approximate surface area is 51.3 Å². The van der Waals surface area contributed by atoms with Crippen LogP contribution in [0.1, 0.15) is 0 Å². The minimum Gasteiger partial charge on any atom is -0.822 e. The van der Waals surface area contributed by atoms with Crippen LogP contribution in [0.4, 0.5) is 0 Å². The molecule has 0 aliphatic carbocycles. The summed E-state index contributed by atoms with van der Waals surface area (Å²) < 4.78 is 8.55. The van der Waals surface area contributed by atoms with Crippen molar-refractivity contribution >= 4 is 25.2 Å². The zero-order chi connectivity index (χ0) is 4.50. The summed E-state index contributed by atoms with van der Waals surface area (Å²) in [6.45, 7) is 0. The molecule has 0 saturated heterocycles. The van der Waals surface area contributed by atoms with Crippen LogP contribution in [0.3, 0.4) is 0 Å². The van der Waals surface area contributed by atoms with Crippen molar-refractivity contribution in [3.63, 3.8) is 0 Å². The van der Waals surface area contributed by atoms with Crippen LogP contribution in [-0.4, -0.2) is 17.4 Å². The van der Waals surface area contributed by atoms with Gasteiger partial charge in [-0.15, -0.1) is 0 Å². The van der Waals surface area contributed by atoms with Crippen molar-refractivity contribution in [2.24, 2.45) is 0 Å². The molecule has 0 aliphatic heterocycles. The SMILES string of the molecule is N.O=P([O-])([O-])[O-].[Al+3]. The third-order valence-corrected chi connectivity index (χ3v) is 0. The Balaban J connectivity index is -0.0000000800. The molecule has 0 unspecified atom stereocenters. The molecule has 0 aromatic rings. The van der Waals surface area contributed by atoms with E-state index in [1.54, 1.807) is 0 Å². The molecule has 40 valence electrons. The quantitative estimate of drug-likeness (QED) is 0.282. The Morgan fingerprint density at radius 1 is 1.14 bits per heavy atom. The molecule has 0 amide bonds. The molecular formula is H3AlNO4P. The fourth-order valence-electron chi connectivity index (χ4n) is 0. The summed E-state index contributed by atoms with van der Waals surface area (Å²) in [4.78, 5) is 25.6. The molecule has 0 radical (unpaired) electrons. The van der Waals surface area contributed by atoms with Crippen molar-refractivity contribution < 1.29 is 19.2 Å². The third-order valence-electron chi connectivity index (χ3n) is 0. The van der Waals surface area contributed by atoms with E-state index in [9.17, 15) is 0 Å². The van der Waals surface area contributed by atoms with Gasteiger partial charge in [0.2, 0.25) is 0 Å². The minimum absolute atomic E-state index is 0. The Morgan fingerprint density at radius 2 is 1.14 bits per heavy atom. The average Bonchev–Trinajstić information content (AvgIpc) is 0.722. The van der Waals surface area contributed by atoms with E-state index >= 15 is 0 Å². The van der Waals surface area contributed by atoms with E-state index in [0.717, 1.165) is 0 Å². The molecule has 0 saturated carbocycles. The molecule has 5 nitrogen and oxygen atoms in total. The Morgan fingerprint density at radius 3 is 1.14 bits per heavy atom. The van der Waals surface area contributed by atoms with Crippen LogP contribution in [0.5, 0.6) is 0 Å². The van der Waals surface area contributed by atoms with E-state index in [-0.39, 0.29) is 23.5 Å². The van der Waals surface area contributed by atoms with Crippen LogP contribution < -0.4 is 20.8 Å². The topological polar surface area (TPSA) is 121 Å². The van der Waals surface area contributed by atoms with Gasteiger partial charge < -0.3 is 25.4 Å². The number of hydrogen-bond acceptors (Lipinski definition) is 5. The third kappa shape index (κ3) is 385. The molecule has 0 aromatic carbocycles. The Hall–Kier alpha value is 0.602. The summed E-state index contributed by atoms with van der Waals surface area (Å²) in [7, 11) is -5.39. The maximum absolute atomic E-state index is 8.55. The van der Waals surface area contributed by atoms with E-state index < -0.39 is 7.82 Å². The maximum Gasteiger partial charge on any atom is 3.00 e. The standard InChI is InChI=1S/Al.H3N.H3O4P/c;;1-5(2,3)4/h;1H3;(H3,1,2,3,4)/q+3;;/p-3. The first-order chi connectivity index (χ1) is 2.00. The molecular weight excluding hydrogens is 136 g/mol. The monoisotopic (exact) mass is 139 g/mol. The second-order valence-electron chi connectivity index (χ2n) is 0.447. The first-order valence-electron chi connectivity index (χ1n) is 0.730. The van der Waals surface area contributed by atoms with Crippen LogP contribution >= 0.6 is 7.82 Å². The van der Waals surface area contributed by atoms with Gasteiger partial charge in [-0.05, 0) is 0 Å². The van der Waals surface area contributed by atoms with Gasteiger partial charge >= 0.3 is 17.4 Å². The smallest absolute Gasteiger partial charge is 0.822 e. The molecule has 0 heterocycles. The summed E-state index contributed by atoms with van der Waals surface area (Å²) in [6, 6.07) is 0. The molecule has 7 heavy (non-hydrogen) atoms. The van der Waals surface area contributed by atoms with Crippen LogP contribution in [0, 0.1) is 0 Å².